The summed E-state index contributed by atoms with van der Waals surface area (Å²) in [5.74, 6) is -0.0919. The molecule has 82 valence electrons. The van der Waals surface area contributed by atoms with E-state index in [0.29, 0.717) is 12.0 Å². The Labute approximate surface area is 87.4 Å². The van der Waals surface area contributed by atoms with Crippen molar-refractivity contribution in [2.24, 2.45) is 0 Å². The molecule has 2 rings (SSSR count). The highest BCUT2D eigenvalue weighted by Crippen LogP contribution is 2.12. The van der Waals surface area contributed by atoms with Gasteiger partial charge in [-0.05, 0) is 12.5 Å². The predicted octanol–water partition coefficient (Wildman–Crippen LogP) is 0.196. The van der Waals surface area contributed by atoms with Gasteiger partial charge < -0.3 is 9.73 Å². The molecule has 2 heterocycles. The summed E-state index contributed by atoms with van der Waals surface area (Å²) in [6.07, 6.45) is 3.23. The first kappa shape index (κ1) is 10.2. The van der Waals surface area contributed by atoms with Gasteiger partial charge in [0.2, 0.25) is 0 Å². The van der Waals surface area contributed by atoms with Gasteiger partial charge in [-0.1, -0.05) is 0 Å². The third-order valence-electron chi connectivity index (χ3n) is 2.35. The Morgan fingerprint density at radius 3 is 2.87 bits per heavy atom. The van der Waals surface area contributed by atoms with E-state index in [1.54, 1.807) is 6.07 Å². The number of amides is 1. The molecule has 1 aliphatic rings. The Morgan fingerprint density at radius 1 is 1.53 bits per heavy atom. The van der Waals surface area contributed by atoms with Gasteiger partial charge in [-0.15, -0.1) is 0 Å². The molecule has 1 aromatic rings. The second kappa shape index (κ2) is 3.69. The third-order valence-corrected chi connectivity index (χ3v) is 4.12. The van der Waals surface area contributed by atoms with E-state index in [-0.39, 0.29) is 23.5 Å². The van der Waals surface area contributed by atoms with E-state index in [1.807, 2.05) is 0 Å². The van der Waals surface area contributed by atoms with Gasteiger partial charge >= 0.3 is 0 Å². The second-order valence-corrected chi connectivity index (χ2v) is 5.81. The molecule has 1 amide bonds. The maximum Gasteiger partial charge on any atom is 0.254 e. The lowest BCUT2D eigenvalue weighted by Gasteiger charge is -2.08. The first-order valence-electron chi connectivity index (χ1n) is 4.60. The molecule has 1 atom stereocenters. The maximum atomic E-state index is 11.5. The van der Waals surface area contributed by atoms with Gasteiger partial charge in [-0.2, -0.15) is 0 Å². The number of carbonyl (C=O) groups is 1. The lowest BCUT2D eigenvalue weighted by molar-refractivity contribution is 0.0940. The fourth-order valence-corrected chi connectivity index (χ4v) is 3.24. The van der Waals surface area contributed by atoms with Crippen LogP contribution < -0.4 is 5.32 Å². The summed E-state index contributed by atoms with van der Waals surface area (Å²) < 4.78 is 27.0. The maximum absolute atomic E-state index is 11.5. The molecule has 1 saturated heterocycles. The third kappa shape index (κ3) is 2.38. The molecule has 0 aromatic carbocycles. The van der Waals surface area contributed by atoms with Gasteiger partial charge in [0.15, 0.2) is 9.84 Å². The zero-order valence-corrected chi connectivity index (χ0v) is 8.79. The SMILES string of the molecule is O=C(NC1CCS(=O)(=O)C1)c1ccoc1. The van der Waals surface area contributed by atoms with Crippen LogP contribution in [0.25, 0.3) is 0 Å². The van der Waals surface area contributed by atoms with Gasteiger partial charge in [-0.3, -0.25) is 4.79 Å². The second-order valence-electron chi connectivity index (χ2n) is 3.59. The summed E-state index contributed by atoms with van der Waals surface area (Å²) in [5, 5.41) is 2.66. The molecule has 0 spiro atoms. The van der Waals surface area contributed by atoms with Crippen molar-refractivity contribution < 1.29 is 17.6 Å². The average molecular weight is 229 g/mol. The summed E-state index contributed by atoms with van der Waals surface area (Å²) >= 11 is 0. The first-order valence-corrected chi connectivity index (χ1v) is 6.42. The van der Waals surface area contributed by atoms with E-state index in [2.05, 4.69) is 5.32 Å². The lowest BCUT2D eigenvalue weighted by atomic mass is 10.2. The van der Waals surface area contributed by atoms with E-state index in [0.717, 1.165) is 0 Å². The summed E-state index contributed by atoms with van der Waals surface area (Å²) in [6, 6.07) is 1.27. The fraction of sp³-hybridized carbons (Fsp3) is 0.444. The van der Waals surface area contributed by atoms with Crippen molar-refractivity contribution in [1.82, 2.24) is 5.32 Å². The van der Waals surface area contributed by atoms with Crippen LogP contribution in [-0.2, 0) is 9.84 Å². The molecular weight excluding hydrogens is 218 g/mol. The smallest absolute Gasteiger partial charge is 0.254 e. The molecule has 0 saturated carbocycles. The van der Waals surface area contributed by atoms with E-state index in [4.69, 9.17) is 4.42 Å². The molecule has 6 heteroatoms. The molecule has 1 aromatic heterocycles. The molecule has 0 aliphatic carbocycles. The van der Waals surface area contributed by atoms with Crippen LogP contribution in [0.15, 0.2) is 23.0 Å². The molecule has 5 nitrogen and oxygen atoms in total. The molecule has 0 bridgehead atoms. The minimum Gasteiger partial charge on any atom is -0.472 e. The minimum absolute atomic E-state index is 0.0383. The summed E-state index contributed by atoms with van der Waals surface area (Å²) in [7, 11) is -2.95. The van der Waals surface area contributed by atoms with Gasteiger partial charge in [0.25, 0.3) is 5.91 Å². The number of furan rings is 1. The Kier molecular flexibility index (Phi) is 2.52. The van der Waals surface area contributed by atoms with Crippen LogP contribution in [0.1, 0.15) is 16.8 Å². The topological polar surface area (TPSA) is 76.4 Å². The highest BCUT2D eigenvalue weighted by molar-refractivity contribution is 7.91. The van der Waals surface area contributed by atoms with Gasteiger partial charge in [0.1, 0.15) is 6.26 Å². The number of nitrogens with one attached hydrogen (secondary N) is 1. The Balaban J connectivity index is 1.97. The number of sulfone groups is 1. The van der Waals surface area contributed by atoms with Crippen LogP contribution in [0.4, 0.5) is 0 Å². The van der Waals surface area contributed by atoms with Crippen LogP contribution in [-0.4, -0.2) is 31.9 Å². The molecule has 1 unspecified atom stereocenters. The standard InChI is InChI=1S/C9H11NO4S/c11-9(7-1-3-14-5-7)10-8-2-4-15(12,13)6-8/h1,3,5,8H,2,4,6H2,(H,10,11). The summed E-state index contributed by atoms with van der Waals surface area (Å²) in [5.41, 5.74) is 0.416. The zero-order chi connectivity index (χ0) is 10.9. The molecule has 1 fully saturated rings. The Morgan fingerprint density at radius 2 is 2.33 bits per heavy atom. The number of carbonyl (C=O) groups excluding carboxylic acids is 1. The van der Waals surface area contributed by atoms with E-state index < -0.39 is 9.84 Å². The average Bonchev–Trinajstić information content (AvgIpc) is 2.74. The van der Waals surface area contributed by atoms with Gasteiger partial charge in [0, 0.05) is 6.04 Å². The van der Waals surface area contributed by atoms with Crippen LogP contribution in [0.3, 0.4) is 0 Å². The Bertz CT molecular complexity index is 448. The van der Waals surface area contributed by atoms with E-state index in [9.17, 15) is 13.2 Å². The zero-order valence-electron chi connectivity index (χ0n) is 7.97. The van der Waals surface area contributed by atoms with Crippen molar-refractivity contribution >= 4 is 15.7 Å². The first-order chi connectivity index (χ1) is 7.07. The monoisotopic (exact) mass is 229 g/mol. The van der Waals surface area contributed by atoms with Crippen molar-refractivity contribution in [3.8, 4) is 0 Å². The summed E-state index contributed by atoms with van der Waals surface area (Å²) in [6.45, 7) is 0. The van der Waals surface area contributed by atoms with Crippen molar-refractivity contribution in [3.63, 3.8) is 0 Å². The Hall–Kier alpha value is -1.30. The molecule has 1 aliphatic heterocycles. The van der Waals surface area contributed by atoms with Crippen LogP contribution in [0, 0.1) is 0 Å². The van der Waals surface area contributed by atoms with Crippen LogP contribution in [0.5, 0.6) is 0 Å². The van der Waals surface area contributed by atoms with E-state index >= 15 is 0 Å². The highest BCUT2D eigenvalue weighted by atomic mass is 32.2. The summed E-state index contributed by atoms with van der Waals surface area (Å²) in [4.78, 5) is 11.5. The van der Waals surface area contributed by atoms with Gasteiger partial charge in [0.05, 0.1) is 23.3 Å². The molecule has 15 heavy (non-hydrogen) atoms. The van der Waals surface area contributed by atoms with Crippen LogP contribution >= 0.6 is 0 Å². The number of hydrogen-bond acceptors (Lipinski definition) is 4. The molecular formula is C9H11NO4S. The van der Waals surface area contributed by atoms with Crippen molar-refractivity contribution in [3.05, 3.63) is 24.2 Å². The van der Waals surface area contributed by atoms with E-state index in [1.165, 1.54) is 12.5 Å². The van der Waals surface area contributed by atoms with Crippen molar-refractivity contribution in [1.29, 1.82) is 0 Å². The fourth-order valence-electron chi connectivity index (χ4n) is 1.57. The quantitative estimate of drug-likeness (QED) is 0.785. The minimum atomic E-state index is -2.95. The number of hydrogen-bond donors (Lipinski definition) is 1. The lowest BCUT2D eigenvalue weighted by Crippen LogP contribution is -2.35. The molecule has 1 N–H and O–H groups in total. The van der Waals surface area contributed by atoms with Crippen molar-refractivity contribution in [2.75, 3.05) is 11.5 Å². The normalized spacial score (nSPS) is 23.9. The van der Waals surface area contributed by atoms with Crippen molar-refractivity contribution in [2.45, 2.75) is 12.5 Å². The van der Waals surface area contributed by atoms with Gasteiger partial charge in [-0.25, -0.2) is 8.42 Å². The largest absolute Gasteiger partial charge is 0.472 e. The predicted molar refractivity (Wildman–Crippen MR) is 53.2 cm³/mol. The van der Waals surface area contributed by atoms with Crippen LogP contribution in [0.2, 0.25) is 0 Å². The number of rotatable bonds is 2. The molecule has 0 radical (unpaired) electrons. The highest BCUT2D eigenvalue weighted by Gasteiger charge is 2.29.